The Kier molecular flexibility index (Phi) is 8.20. The fourth-order valence-electron chi connectivity index (χ4n) is 2.47. The van der Waals surface area contributed by atoms with E-state index in [2.05, 4.69) is 19.2 Å². The van der Waals surface area contributed by atoms with Crippen molar-refractivity contribution in [1.29, 1.82) is 0 Å². The first-order valence-corrected chi connectivity index (χ1v) is 9.40. The Morgan fingerprint density at radius 3 is 2.58 bits per heavy atom. The standard InChI is InChI=1S/C21H27ClFNO2/c1-4-25-21-11-16(13-24-10-9-15(2)3)5-8-20(21)26-14-17-6-7-18(23)12-19(17)22/h5-8,11-12,15,24H,4,9-10,13-14H2,1-3H3. The van der Waals surface area contributed by atoms with Gasteiger partial charge < -0.3 is 14.8 Å². The highest BCUT2D eigenvalue weighted by Gasteiger charge is 2.09. The van der Waals surface area contributed by atoms with Crippen LogP contribution < -0.4 is 14.8 Å². The van der Waals surface area contributed by atoms with Crippen LogP contribution in [-0.4, -0.2) is 13.2 Å². The van der Waals surface area contributed by atoms with Crippen LogP contribution in [0.1, 0.15) is 38.3 Å². The van der Waals surface area contributed by atoms with Gasteiger partial charge in [-0.2, -0.15) is 0 Å². The van der Waals surface area contributed by atoms with Crippen molar-refractivity contribution in [2.75, 3.05) is 13.2 Å². The Balaban J connectivity index is 2.00. The Morgan fingerprint density at radius 1 is 1.08 bits per heavy atom. The molecule has 3 nitrogen and oxygen atoms in total. The number of hydrogen-bond acceptors (Lipinski definition) is 3. The number of benzene rings is 2. The molecule has 0 aromatic heterocycles. The maximum atomic E-state index is 13.1. The highest BCUT2D eigenvalue weighted by atomic mass is 35.5. The largest absolute Gasteiger partial charge is 0.490 e. The predicted octanol–water partition coefficient (Wildman–Crippen LogP) is 5.59. The summed E-state index contributed by atoms with van der Waals surface area (Å²) >= 11 is 6.06. The zero-order valence-corrected chi connectivity index (χ0v) is 16.4. The highest BCUT2D eigenvalue weighted by molar-refractivity contribution is 6.31. The van der Waals surface area contributed by atoms with E-state index in [0.717, 1.165) is 30.6 Å². The van der Waals surface area contributed by atoms with Gasteiger partial charge in [0.25, 0.3) is 0 Å². The average Bonchev–Trinajstić information content (AvgIpc) is 2.59. The van der Waals surface area contributed by atoms with E-state index in [4.69, 9.17) is 21.1 Å². The Hall–Kier alpha value is -1.78. The number of halogens is 2. The topological polar surface area (TPSA) is 30.5 Å². The zero-order valence-electron chi connectivity index (χ0n) is 15.6. The number of hydrogen-bond donors (Lipinski definition) is 1. The first kappa shape index (κ1) is 20.5. The van der Waals surface area contributed by atoms with E-state index >= 15 is 0 Å². The summed E-state index contributed by atoms with van der Waals surface area (Å²) in [6.07, 6.45) is 1.15. The summed E-state index contributed by atoms with van der Waals surface area (Å²) in [6.45, 7) is 8.96. The van der Waals surface area contributed by atoms with Crippen LogP contribution in [0, 0.1) is 11.7 Å². The lowest BCUT2D eigenvalue weighted by Gasteiger charge is -2.14. The second-order valence-corrected chi connectivity index (χ2v) is 7.01. The fraction of sp³-hybridized carbons (Fsp3) is 0.429. The van der Waals surface area contributed by atoms with Crippen LogP contribution in [0.3, 0.4) is 0 Å². The van der Waals surface area contributed by atoms with Gasteiger partial charge in [0, 0.05) is 12.1 Å². The third kappa shape index (κ3) is 6.50. The van der Waals surface area contributed by atoms with Gasteiger partial charge in [0.05, 0.1) is 11.6 Å². The summed E-state index contributed by atoms with van der Waals surface area (Å²) in [7, 11) is 0. The van der Waals surface area contributed by atoms with Crippen LogP contribution in [0.2, 0.25) is 5.02 Å². The molecule has 5 heteroatoms. The van der Waals surface area contributed by atoms with Crippen molar-refractivity contribution in [2.24, 2.45) is 5.92 Å². The molecule has 0 amide bonds. The Labute approximate surface area is 160 Å². The third-order valence-corrected chi connectivity index (χ3v) is 4.29. The molecule has 0 fully saturated rings. The van der Waals surface area contributed by atoms with E-state index < -0.39 is 0 Å². The van der Waals surface area contributed by atoms with Crippen molar-refractivity contribution < 1.29 is 13.9 Å². The van der Waals surface area contributed by atoms with Gasteiger partial charge in [-0.15, -0.1) is 0 Å². The van der Waals surface area contributed by atoms with E-state index in [-0.39, 0.29) is 12.4 Å². The molecule has 26 heavy (non-hydrogen) atoms. The van der Waals surface area contributed by atoms with Crippen molar-refractivity contribution in [2.45, 2.75) is 40.3 Å². The van der Waals surface area contributed by atoms with E-state index in [1.807, 2.05) is 25.1 Å². The second kappa shape index (κ2) is 10.4. The molecule has 0 unspecified atom stereocenters. The van der Waals surface area contributed by atoms with Gasteiger partial charge in [-0.1, -0.05) is 37.6 Å². The number of nitrogens with one attached hydrogen (secondary N) is 1. The molecule has 0 atom stereocenters. The zero-order chi connectivity index (χ0) is 18.9. The maximum absolute atomic E-state index is 13.1. The lowest BCUT2D eigenvalue weighted by molar-refractivity contribution is 0.269. The van der Waals surface area contributed by atoms with Crippen LogP contribution in [0.5, 0.6) is 11.5 Å². The minimum Gasteiger partial charge on any atom is -0.490 e. The van der Waals surface area contributed by atoms with Crippen LogP contribution in [0.25, 0.3) is 0 Å². The predicted molar refractivity (Wildman–Crippen MR) is 105 cm³/mol. The van der Waals surface area contributed by atoms with E-state index in [9.17, 15) is 4.39 Å². The molecule has 0 saturated carbocycles. The van der Waals surface area contributed by atoms with Crippen molar-refractivity contribution in [3.63, 3.8) is 0 Å². The van der Waals surface area contributed by atoms with Crippen molar-refractivity contribution in [1.82, 2.24) is 5.32 Å². The summed E-state index contributed by atoms with van der Waals surface area (Å²) < 4.78 is 24.7. The molecule has 142 valence electrons. The number of rotatable bonds is 10. The first-order valence-electron chi connectivity index (χ1n) is 9.02. The summed E-state index contributed by atoms with van der Waals surface area (Å²) in [4.78, 5) is 0. The third-order valence-electron chi connectivity index (χ3n) is 3.93. The Bertz CT molecular complexity index is 706. The van der Waals surface area contributed by atoms with Crippen molar-refractivity contribution in [3.8, 4) is 11.5 Å². The normalized spacial score (nSPS) is 11.0. The summed E-state index contributed by atoms with van der Waals surface area (Å²) in [5, 5.41) is 3.80. The molecule has 0 bridgehead atoms. The molecule has 0 spiro atoms. The Morgan fingerprint density at radius 2 is 1.88 bits per heavy atom. The monoisotopic (exact) mass is 379 g/mol. The molecule has 2 aromatic carbocycles. The minimum absolute atomic E-state index is 0.255. The highest BCUT2D eigenvalue weighted by Crippen LogP contribution is 2.30. The van der Waals surface area contributed by atoms with E-state index in [1.165, 1.54) is 12.1 Å². The van der Waals surface area contributed by atoms with Gasteiger partial charge in [-0.3, -0.25) is 0 Å². The van der Waals surface area contributed by atoms with Crippen LogP contribution in [0.4, 0.5) is 4.39 Å². The van der Waals surface area contributed by atoms with Crippen molar-refractivity contribution in [3.05, 3.63) is 58.4 Å². The molecule has 0 aliphatic carbocycles. The lowest BCUT2D eigenvalue weighted by Crippen LogP contribution is -2.16. The van der Waals surface area contributed by atoms with Crippen molar-refractivity contribution >= 4 is 11.6 Å². The molecule has 1 N–H and O–H groups in total. The summed E-state index contributed by atoms with van der Waals surface area (Å²) in [5.74, 6) is 1.69. The number of ether oxygens (including phenoxy) is 2. The SMILES string of the molecule is CCOc1cc(CNCCC(C)C)ccc1OCc1ccc(F)cc1Cl. The average molecular weight is 380 g/mol. The fourth-order valence-corrected chi connectivity index (χ4v) is 2.69. The van der Waals surface area contributed by atoms with Gasteiger partial charge in [0.2, 0.25) is 0 Å². The molecular formula is C21H27ClFNO2. The minimum atomic E-state index is -0.358. The maximum Gasteiger partial charge on any atom is 0.161 e. The molecular weight excluding hydrogens is 353 g/mol. The molecule has 0 aliphatic rings. The summed E-state index contributed by atoms with van der Waals surface area (Å²) in [6, 6.07) is 10.2. The van der Waals surface area contributed by atoms with Gasteiger partial charge in [0.1, 0.15) is 12.4 Å². The molecule has 0 radical (unpaired) electrons. The van der Waals surface area contributed by atoms with Gasteiger partial charge in [-0.25, -0.2) is 4.39 Å². The second-order valence-electron chi connectivity index (χ2n) is 6.60. The van der Waals surface area contributed by atoms with E-state index in [1.54, 1.807) is 6.07 Å². The van der Waals surface area contributed by atoms with Crippen LogP contribution in [0.15, 0.2) is 36.4 Å². The molecule has 0 aliphatic heterocycles. The molecule has 0 heterocycles. The van der Waals surface area contributed by atoms with Gasteiger partial charge in [-0.05, 0) is 55.6 Å². The smallest absolute Gasteiger partial charge is 0.161 e. The van der Waals surface area contributed by atoms with E-state index in [0.29, 0.717) is 29.0 Å². The van der Waals surface area contributed by atoms with Crippen LogP contribution >= 0.6 is 11.6 Å². The van der Waals surface area contributed by atoms with Crippen LogP contribution in [-0.2, 0) is 13.2 Å². The van der Waals surface area contributed by atoms with Gasteiger partial charge >= 0.3 is 0 Å². The molecule has 2 aromatic rings. The summed E-state index contributed by atoms with van der Waals surface area (Å²) in [5.41, 5.74) is 1.87. The quantitative estimate of drug-likeness (QED) is 0.545. The first-order chi connectivity index (χ1) is 12.5. The molecule has 0 saturated heterocycles. The molecule has 2 rings (SSSR count). The lowest BCUT2D eigenvalue weighted by atomic mass is 10.1. The van der Waals surface area contributed by atoms with Gasteiger partial charge in [0.15, 0.2) is 11.5 Å².